The van der Waals surface area contributed by atoms with E-state index >= 15 is 0 Å². The first-order valence-corrected chi connectivity index (χ1v) is 7.60. The van der Waals surface area contributed by atoms with Crippen LogP contribution < -0.4 is 0 Å². The van der Waals surface area contributed by atoms with Gasteiger partial charge in [-0.2, -0.15) is 0 Å². The molecule has 0 amide bonds. The molecule has 4 heteroatoms. The summed E-state index contributed by atoms with van der Waals surface area (Å²) >= 11 is 12.3. The Labute approximate surface area is 125 Å². The Morgan fingerprint density at radius 3 is 2.63 bits per heavy atom. The molecular formula is C15H21Cl2NO. The summed E-state index contributed by atoms with van der Waals surface area (Å²) in [5.41, 5.74) is -0.0849. The molecule has 1 heterocycles. The maximum Gasteiger partial charge on any atom is 0.0924 e. The normalized spacial score (nSPS) is 25.6. The maximum absolute atomic E-state index is 11.0. The lowest BCUT2D eigenvalue weighted by Crippen LogP contribution is -2.33. The molecule has 2 rings (SSSR count). The second kappa shape index (κ2) is 6.01. The van der Waals surface area contributed by atoms with Crippen molar-refractivity contribution < 1.29 is 5.11 Å². The average molecular weight is 302 g/mol. The number of hydrogen-bond donors (Lipinski definition) is 1. The third-order valence-electron chi connectivity index (χ3n) is 4.03. The van der Waals surface area contributed by atoms with Crippen LogP contribution in [0.1, 0.15) is 38.7 Å². The molecule has 1 N–H and O–H groups in total. The zero-order valence-electron chi connectivity index (χ0n) is 11.5. The van der Waals surface area contributed by atoms with Gasteiger partial charge in [-0.3, -0.25) is 0 Å². The highest BCUT2D eigenvalue weighted by Crippen LogP contribution is 2.39. The van der Waals surface area contributed by atoms with Gasteiger partial charge in [0.1, 0.15) is 0 Å². The number of benzene rings is 1. The Balaban J connectivity index is 2.25. The molecule has 1 unspecified atom stereocenters. The van der Waals surface area contributed by atoms with Gasteiger partial charge < -0.3 is 10.0 Å². The molecule has 0 bridgehead atoms. The van der Waals surface area contributed by atoms with Crippen LogP contribution in [0, 0.1) is 0 Å². The van der Waals surface area contributed by atoms with Crippen LogP contribution in [0.25, 0.3) is 0 Å². The van der Waals surface area contributed by atoms with Gasteiger partial charge in [0.25, 0.3) is 0 Å². The summed E-state index contributed by atoms with van der Waals surface area (Å²) in [6, 6.07) is 6.01. The van der Waals surface area contributed by atoms with Gasteiger partial charge in [-0.15, -0.1) is 0 Å². The minimum atomic E-state index is -0.856. The van der Waals surface area contributed by atoms with E-state index in [4.69, 9.17) is 23.2 Å². The van der Waals surface area contributed by atoms with E-state index in [-0.39, 0.29) is 0 Å². The molecular weight excluding hydrogens is 281 g/mol. The zero-order chi connectivity index (χ0) is 14.0. The molecule has 1 atom stereocenters. The van der Waals surface area contributed by atoms with Crippen molar-refractivity contribution in [3.05, 3.63) is 33.8 Å². The monoisotopic (exact) mass is 301 g/mol. The number of rotatable bonds is 2. The predicted molar refractivity (Wildman–Crippen MR) is 80.9 cm³/mol. The van der Waals surface area contributed by atoms with Crippen molar-refractivity contribution in [2.45, 2.75) is 44.8 Å². The van der Waals surface area contributed by atoms with Crippen molar-refractivity contribution in [2.24, 2.45) is 0 Å². The summed E-state index contributed by atoms with van der Waals surface area (Å²) in [4.78, 5) is 2.40. The van der Waals surface area contributed by atoms with Crippen LogP contribution in [-0.4, -0.2) is 29.1 Å². The van der Waals surface area contributed by atoms with Crippen molar-refractivity contribution in [2.75, 3.05) is 13.1 Å². The van der Waals surface area contributed by atoms with Crippen LogP contribution in [-0.2, 0) is 5.60 Å². The van der Waals surface area contributed by atoms with Crippen LogP contribution in [0.3, 0.4) is 0 Å². The third kappa shape index (κ3) is 3.25. The van der Waals surface area contributed by atoms with Crippen LogP contribution >= 0.6 is 23.2 Å². The molecule has 0 saturated carbocycles. The van der Waals surface area contributed by atoms with Gasteiger partial charge in [0.2, 0.25) is 0 Å². The van der Waals surface area contributed by atoms with Gasteiger partial charge in [0, 0.05) is 18.2 Å². The molecule has 1 saturated heterocycles. The van der Waals surface area contributed by atoms with Crippen LogP contribution in [0.15, 0.2) is 18.2 Å². The molecule has 0 aliphatic carbocycles. The highest BCUT2D eigenvalue weighted by molar-refractivity contribution is 6.42. The fourth-order valence-corrected chi connectivity index (χ4v) is 3.27. The summed E-state index contributed by atoms with van der Waals surface area (Å²) in [6.45, 7) is 6.29. The topological polar surface area (TPSA) is 23.5 Å². The van der Waals surface area contributed by atoms with E-state index in [9.17, 15) is 5.11 Å². The fourth-order valence-electron chi connectivity index (χ4n) is 2.79. The Bertz CT molecular complexity index is 450. The number of nitrogens with zero attached hydrogens (tertiary/aromatic N) is 1. The third-order valence-corrected chi connectivity index (χ3v) is 4.85. The lowest BCUT2D eigenvalue weighted by molar-refractivity contribution is 0.0205. The van der Waals surface area contributed by atoms with E-state index in [1.54, 1.807) is 6.07 Å². The van der Waals surface area contributed by atoms with Crippen molar-refractivity contribution >= 4 is 23.2 Å². The van der Waals surface area contributed by atoms with E-state index in [1.165, 1.54) is 0 Å². The fraction of sp³-hybridized carbons (Fsp3) is 0.600. The van der Waals surface area contributed by atoms with Gasteiger partial charge in [-0.05, 0) is 45.7 Å². The van der Waals surface area contributed by atoms with Crippen LogP contribution in [0.4, 0.5) is 0 Å². The summed E-state index contributed by atoms with van der Waals surface area (Å²) in [7, 11) is 0. The Morgan fingerprint density at radius 2 is 1.95 bits per heavy atom. The smallest absolute Gasteiger partial charge is 0.0924 e. The molecule has 1 aromatic carbocycles. The van der Waals surface area contributed by atoms with Gasteiger partial charge in [-0.1, -0.05) is 35.3 Å². The summed E-state index contributed by atoms with van der Waals surface area (Å²) in [5, 5.41) is 12.0. The molecule has 0 radical (unpaired) electrons. The summed E-state index contributed by atoms with van der Waals surface area (Å²) in [6.07, 6.45) is 2.40. The molecule has 19 heavy (non-hydrogen) atoms. The largest absolute Gasteiger partial charge is 0.385 e. The van der Waals surface area contributed by atoms with E-state index in [0.29, 0.717) is 22.5 Å². The Kier molecular flexibility index (Phi) is 4.78. The second-order valence-corrected chi connectivity index (χ2v) is 6.40. The predicted octanol–water partition coefficient (Wildman–Crippen LogP) is 4.08. The second-order valence-electron chi connectivity index (χ2n) is 5.62. The lowest BCUT2D eigenvalue weighted by atomic mass is 9.87. The van der Waals surface area contributed by atoms with E-state index in [2.05, 4.69) is 18.7 Å². The van der Waals surface area contributed by atoms with Crippen LogP contribution in [0.5, 0.6) is 0 Å². The molecule has 1 aliphatic heterocycles. The quantitative estimate of drug-likeness (QED) is 0.890. The number of hydrogen-bond acceptors (Lipinski definition) is 2. The first kappa shape index (κ1) is 15.1. The van der Waals surface area contributed by atoms with Crippen LogP contribution in [0.2, 0.25) is 10.0 Å². The first-order chi connectivity index (χ1) is 8.94. The molecule has 106 valence electrons. The highest BCUT2D eigenvalue weighted by Gasteiger charge is 2.34. The number of aliphatic hydroxyl groups is 1. The molecule has 0 spiro atoms. The SMILES string of the molecule is CC(C)N1CCCC(O)(c2cccc(Cl)c2Cl)CC1. The van der Waals surface area contributed by atoms with Gasteiger partial charge in [0.05, 0.1) is 15.6 Å². The number of likely N-dealkylation sites (tertiary alicyclic amines) is 1. The Hall–Kier alpha value is -0.280. The maximum atomic E-state index is 11.0. The minimum absolute atomic E-state index is 0.490. The van der Waals surface area contributed by atoms with Gasteiger partial charge in [-0.25, -0.2) is 0 Å². The van der Waals surface area contributed by atoms with Crippen molar-refractivity contribution in [3.63, 3.8) is 0 Å². The van der Waals surface area contributed by atoms with E-state index < -0.39 is 5.60 Å². The molecule has 0 aromatic heterocycles. The minimum Gasteiger partial charge on any atom is -0.385 e. The van der Waals surface area contributed by atoms with E-state index in [1.807, 2.05) is 12.1 Å². The van der Waals surface area contributed by atoms with Gasteiger partial charge >= 0.3 is 0 Å². The molecule has 1 aromatic rings. The van der Waals surface area contributed by atoms with Crippen molar-refractivity contribution in [1.29, 1.82) is 0 Å². The highest BCUT2D eigenvalue weighted by atomic mass is 35.5. The Morgan fingerprint density at radius 1 is 1.21 bits per heavy atom. The molecule has 2 nitrogen and oxygen atoms in total. The van der Waals surface area contributed by atoms with E-state index in [0.717, 1.165) is 31.5 Å². The average Bonchev–Trinajstić information content (AvgIpc) is 2.55. The van der Waals surface area contributed by atoms with Crippen molar-refractivity contribution in [1.82, 2.24) is 4.90 Å². The summed E-state index contributed by atoms with van der Waals surface area (Å²) < 4.78 is 0. The number of halogens is 2. The van der Waals surface area contributed by atoms with Crippen molar-refractivity contribution in [3.8, 4) is 0 Å². The zero-order valence-corrected chi connectivity index (χ0v) is 13.0. The first-order valence-electron chi connectivity index (χ1n) is 6.85. The van der Waals surface area contributed by atoms with Gasteiger partial charge in [0.15, 0.2) is 0 Å². The molecule has 1 fully saturated rings. The molecule has 1 aliphatic rings. The standard InChI is InChI=1S/C15H21Cl2NO/c1-11(2)18-9-4-7-15(19,8-10-18)12-5-3-6-13(16)14(12)17/h3,5-6,11,19H,4,7-10H2,1-2H3. The lowest BCUT2D eigenvalue weighted by Gasteiger charge is -2.29. The summed E-state index contributed by atoms with van der Waals surface area (Å²) in [5.74, 6) is 0.